The van der Waals surface area contributed by atoms with Gasteiger partial charge in [0.15, 0.2) is 0 Å². The van der Waals surface area contributed by atoms with E-state index in [1.807, 2.05) is 24.3 Å². The van der Waals surface area contributed by atoms with Crippen molar-refractivity contribution in [3.05, 3.63) is 34.9 Å². The number of carbonyl (C=O) groups excluding carboxylic acids is 1. The second-order valence-corrected chi connectivity index (χ2v) is 8.69. The van der Waals surface area contributed by atoms with Crippen LogP contribution in [0.4, 0.5) is 0 Å². The molecule has 25 heavy (non-hydrogen) atoms. The fourth-order valence-corrected chi connectivity index (χ4v) is 4.47. The Morgan fingerprint density at radius 3 is 2.40 bits per heavy atom. The highest BCUT2D eigenvalue weighted by Gasteiger charge is 2.50. The van der Waals surface area contributed by atoms with Crippen LogP contribution in [0.5, 0.6) is 0 Å². The van der Waals surface area contributed by atoms with Crippen molar-refractivity contribution >= 4 is 17.5 Å². The van der Waals surface area contributed by atoms with Crippen LogP contribution in [0, 0.1) is 11.8 Å². The second-order valence-electron chi connectivity index (χ2n) is 8.26. The van der Waals surface area contributed by atoms with Gasteiger partial charge < -0.3 is 10.2 Å². The zero-order chi connectivity index (χ0) is 17.9. The van der Waals surface area contributed by atoms with E-state index in [1.165, 1.54) is 19.5 Å². The summed E-state index contributed by atoms with van der Waals surface area (Å²) in [6.45, 7) is 9.12. The van der Waals surface area contributed by atoms with Crippen molar-refractivity contribution in [3.8, 4) is 0 Å². The summed E-state index contributed by atoms with van der Waals surface area (Å²) in [6, 6.07) is 7.75. The maximum absolute atomic E-state index is 12.6. The van der Waals surface area contributed by atoms with E-state index >= 15 is 0 Å². The van der Waals surface area contributed by atoms with Crippen molar-refractivity contribution in [2.45, 2.75) is 51.4 Å². The number of nitrogens with zero attached hydrogens (tertiary/aromatic N) is 1. The molecule has 2 aliphatic rings. The summed E-state index contributed by atoms with van der Waals surface area (Å²) in [5, 5.41) is 3.89. The first kappa shape index (κ1) is 18.7. The highest BCUT2D eigenvalue weighted by Crippen LogP contribution is 2.48. The van der Waals surface area contributed by atoms with Gasteiger partial charge in [0.05, 0.1) is 5.41 Å². The molecular weight excluding hydrogens is 332 g/mol. The summed E-state index contributed by atoms with van der Waals surface area (Å²) in [6.07, 6.45) is 5.47. The third-order valence-corrected chi connectivity index (χ3v) is 5.96. The molecule has 0 spiro atoms. The molecule has 1 N–H and O–H groups in total. The van der Waals surface area contributed by atoms with Gasteiger partial charge in [-0.15, -0.1) is 0 Å². The minimum atomic E-state index is -0.289. The van der Waals surface area contributed by atoms with E-state index in [0.717, 1.165) is 61.2 Å². The van der Waals surface area contributed by atoms with E-state index in [-0.39, 0.29) is 11.3 Å². The van der Waals surface area contributed by atoms with E-state index in [0.29, 0.717) is 0 Å². The predicted octanol–water partition coefficient (Wildman–Crippen LogP) is 4.25. The Hall–Kier alpha value is -1.06. The molecule has 0 bridgehead atoms. The summed E-state index contributed by atoms with van der Waals surface area (Å²) >= 11 is 5.96. The zero-order valence-electron chi connectivity index (χ0n) is 15.6. The minimum absolute atomic E-state index is 0.190. The molecule has 4 heteroatoms. The molecule has 2 fully saturated rings. The highest BCUT2D eigenvalue weighted by atomic mass is 35.5. The largest absolute Gasteiger partial charge is 0.355 e. The molecule has 1 aliphatic carbocycles. The molecule has 0 aromatic heterocycles. The first-order valence-electron chi connectivity index (χ1n) is 9.76. The van der Waals surface area contributed by atoms with Gasteiger partial charge in [-0.25, -0.2) is 0 Å². The van der Waals surface area contributed by atoms with Gasteiger partial charge in [0.25, 0.3) is 0 Å². The van der Waals surface area contributed by atoms with Crippen LogP contribution in [-0.2, 0) is 10.2 Å². The van der Waals surface area contributed by atoms with Gasteiger partial charge in [-0.3, -0.25) is 4.79 Å². The van der Waals surface area contributed by atoms with E-state index < -0.39 is 0 Å². The quantitative estimate of drug-likeness (QED) is 0.735. The number of amides is 1. The van der Waals surface area contributed by atoms with Crippen LogP contribution in [0.2, 0.25) is 5.02 Å². The molecule has 1 heterocycles. The van der Waals surface area contributed by atoms with Crippen LogP contribution in [0.25, 0.3) is 0 Å². The number of halogens is 1. The molecule has 1 amide bonds. The number of nitrogens with one attached hydrogen (secondary N) is 1. The SMILES string of the molecule is C[C@@H]1C[C@H](C)CN(CCCCNC(=O)C2(c3ccc(Cl)cc3)CC2)C1. The maximum atomic E-state index is 12.6. The van der Waals surface area contributed by atoms with Crippen LogP contribution < -0.4 is 5.32 Å². The van der Waals surface area contributed by atoms with Crippen LogP contribution in [-0.4, -0.2) is 37.0 Å². The Balaban J connectivity index is 1.38. The van der Waals surface area contributed by atoms with Crippen molar-refractivity contribution in [1.29, 1.82) is 0 Å². The van der Waals surface area contributed by atoms with Gasteiger partial charge in [-0.05, 0) is 68.2 Å². The van der Waals surface area contributed by atoms with Gasteiger partial charge in [-0.2, -0.15) is 0 Å². The molecule has 3 nitrogen and oxygen atoms in total. The summed E-state index contributed by atoms with van der Waals surface area (Å²) in [5.74, 6) is 1.82. The first-order valence-corrected chi connectivity index (χ1v) is 10.1. The third-order valence-electron chi connectivity index (χ3n) is 5.71. The van der Waals surface area contributed by atoms with Crippen LogP contribution in [0.3, 0.4) is 0 Å². The van der Waals surface area contributed by atoms with E-state index in [4.69, 9.17) is 11.6 Å². The molecule has 0 radical (unpaired) electrons. The minimum Gasteiger partial charge on any atom is -0.355 e. The lowest BCUT2D eigenvalue weighted by Crippen LogP contribution is -2.39. The van der Waals surface area contributed by atoms with E-state index in [2.05, 4.69) is 24.1 Å². The lowest BCUT2D eigenvalue weighted by molar-refractivity contribution is -0.123. The fourth-order valence-electron chi connectivity index (χ4n) is 4.35. The van der Waals surface area contributed by atoms with E-state index in [1.54, 1.807) is 0 Å². The number of likely N-dealkylation sites (tertiary alicyclic amines) is 1. The van der Waals surface area contributed by atoms with Gasteiger partial charge >= 0.3 is 0 Å². The molecule has 3 rings (SSSR count). The number of unbranched alkanes of at least 4 members (excludes halogenated alkanes) is 1. The predicted molar refractivity (Wildman–Crippen MR) is 104 cm³/mol. The normalized spacial score (nSPS) is 25.6. The van der Waals surface area contributed by atoms with E-state index in [9.17, 15) is 4.79 Å². The number of rotatable bonds is 7. The molecular formula is C21H31ClN2O. The Morgan fingerprint density at radius 2 is 1.80 bits per heavy atom. The molecule has 138 valence electrons. The Labute approximate surface area is 157 Å². The molecule has 0 unspecified atom stereocenters. The second kappa shape index (κ2) is 8.09. The van der Waals surface area contributed by atoms with Crippen molar-refractivity contribution in [3.63, 3.8) is 0 Å². The summed E-state index contributed by atoms with van der Waals surface area (Å²) < 4.78 is 0. The van der Waals surface area contributed by atoms with Crippen LogP contribution in [0.1, 0.15) is 51.5 Å². The number of piperidine rings is 1. The van der Waals surface area contributed by atoms with Crippen molar-refractivity contribution < 1.29 is 4.79 Å². The smallest absolute Gasteiger partial charge is 0.230 e. The van der Waals surface area contributed by atoms with Gasteiger partial charge in [0.2, 0.25) is 5.91 Å². The van der Waals surface area contributed by atoms with Gasteiger partial charge in [0, 0.05) is 24.7 Å². The highest BCUT2D eigenvalue weighted by molar-refractivity contribution is 6.30. The lowest BCUT2D eigenvalue weighted by Gasteiger charge is -2.34. The number of carbonyl (C=O) groups is 1. The fraction of sp³-hybridized carbons (Fsp3) is 0.667. The summed E-state index contributed by atoms with van der Waals surface area (Å²) in [4.78, 5) is 15.2. The molecule has 1 saturated heterocycles. The van der Waals surface area contributed by atoms with Crippen molar-refractivity contribution in [2.24, 2.45) is 11.8 Å². The Morgan fingerprint density at radius 1 is 1.16 bits per heavy atom. The lowest BCUT2D eigenvalue weighted by atomic mass is 9.92. The van der Waals surface area contributed by atoms with Crippen molar-refractivity contribution in [1.82, 2.24) is 10.2 Å². The molecule has 1 aliphatic heterocycles. The first-order chi connectivity index (χ1) is 12.0. The zero-order valence-corrected chi connectivity index (χ0v) is 16.3. The van der Waals surface area contributed by atoms with Gasteiger partial charge in [0.1, 0.15) is 0 Å². The molecule has 2 atom stereocenters. The molecule has 1 aromatic carbocycles. The van der Waals surface area contributed by atoms with Gasteiger partial charge in [-0.1, -0.05) is 37.6 Å². The third kappa shape index (κ3) is 4.77. The van der Waals surface area contributed by atoms with Crippen LogP contribution in [0.15, 0.2) is 24.3 Å². The average Bonchev–Trinajstić information content (AvgIpc) is 3.36. The van der Waals surface area contributed by atoms with Crippen LogP contribution >= 0.6 is 11.6 Å². The average molecular weight is 363 g/mol. The maximum Gasteiger partial charge on any atom is 0.230 e. The number of hydrogen-bond acceptors (Lipinski definition) is 2. The molecule has 1 aromatic rings. The Bertz CT molecular complexity index is 572. The monoisotopic (exact) mass is 362 g/mol. The molecule has 1 saturated carbocycles. The Kier molecular flexibility index (Phi) is 6.06. The topological polar surface area (TPSA) is 32.3 Å². The van der Waals surface area contributed by atoms with Crippen molar-refractivity contribution in [2.75, 3.05) is 26.2 Å². The number of hydrogen-bond donors (Lipinski definition) is 1. The number of benzene rings is 1. The summed E-state index contributed by atoms with van der Waals surface area (Å²) in [7, 11) is 0. The summed E-state index contributed by atoms with van der Waals surface area (Å²) in [5.41, 5.74) is 0.813. The standard InChI is InChI=1S/C21H31ClN2O/c1-16-13-17(2)15-24(14-16)12-4-3-11-23-20(25)21(9-10-21)18-5-7-19(22)8-6-18/h5-8,16-17H,3-4,9-15H2,1-2H3,(H,23,25)/t16-,17+.